The molecule has 0 aliphatic carbocycles. The number of fused-ring (bicyclic) bond motifs is 2. The van der Waals surface area contributed by atoms with Crippen molar-refractivity contribution in [1.29, 1.82) is 0 Å². The summed E-state index contributed by atoms with van der Waals surface area (Å²) in [5.74, 6) is 0.978. The molecule has 0 saturated carbocycles. The van der Waals surface area contributed by atoms with Crippen LogP contribution in [-0.4, -0.2) is 142 Å². The number of carbonyl (C=O) groups excluding carboxylic acids is 3. The van der Waals surface area contributed by atoms with Crippen LogP contribution in [0.5, 0.6) is 5.75 Å². The number of benzene rings is 3. The second-order valence-electron chi connectivity index (χ2n) is 15.2. The molecule has 0 bridgehead atoms. The Morgan fingerprint density at radius 3 is 2.37 bits per heavy atom. The van der Waals surface area contributed by atoms with Crippen LogP contribution >= 0.6 is 0 Å². The van der Waals surface area contributed by atoms with Crippen molar-refractivity contribution < 1.29 is 42.7 Å². The van der Waals surface area contributed by atoms with Crippen LogP contribution in [0, 0.1) is 5.92 Å². The number of likely N-dealkylation sites (tertiary alicyclic amines) is 2. The Kier molecular flexibility index (Phi) is 15.4. The van der Waals surface area contributed by atoms with Gasteiger partial charge in [0.1, 0.15) is 19.0 Å². The van der Waals surface area contributed by atoms with E-state index in [2.05, 4.69) is 62.7 Å². The molecule has 0 radical (unpaired) electrons. The molecule has 17 nitrogen and oxygen atoms in total. The van der Waals surface area contributed by atoms with E-state index >= 15 is 0 Å². The Balaban J connectivity index is 0.755. The van der Waals surface area contributed by atoms with Crippen LogP contribution < -0.4 is 26.4 Å². The first kappa shape index (κ1) is 42.6. The largest absolute Gasteiger partial charge is 0.492 e. The number of rotatable bonds is 20. The van der Waals surface area contributed by atoms with Crippen molar-refractivity contribution in [2.45, 2.75) is 43.7 Å². The second-order valence-corrected chi connectivity index (χ2v) is 15.2. The predicted octanol–water partition coefficient (Wildman–Crippen LogP) is 3.41. The van der Waals surface area contributed by atoms with E-state index in [0.717, 1.165) is 36.3 Å². The van der Waals surface area contributed by atoms with Crippen molar-refractivity contribution >= 4 is 40.3 Å². The van der Waals surface area contributed by atoms with Gasteiger partial charge in [-0.1, -0.05) is 42.5 Å². The number of hydrogen-bond acceptors (Lipinski definition) is 13. The summed E-state index contributed by atoms with van der Waals surface area (Å²) in [7, 11) is 0. The number of nitrogens with two attached hydrogens (primary N) is 1. The third kappa shape index (κ3) is 11.6. The van der Waals surface area contributed by atoms with Crippen molar-refractivity contribution in [2.24, 2.45) is 5.92 Å². The van der Waals surface area contributed by atoms with Crippen molar-refractivity contribution in [3.63, 3.8) is 0 Å². The molecule has 5 N–H and O–H groups in total. The Morgan fingerprint density at radius 2 is 1.55 bits per heavy atom. The summed E-state index contributed by atoms with van der Waals surface area (Å²) in [6.07, 6.45) is 2.67. The zero-order chi connectivity index (χ0) is 41.5. The number of morpholine rings is 1. The molecule has 1 aromatic heterocycles. The van der Waals surface area contributed by atoms with Crippen LogP contribution in [0.4, 0.5) is 16.2 Å². The number of carbonyl (C=O) groups is 3. The quantitative estimate of drug-likeness (QED) is 0.0746. The monoisotopic (exact) mass is 828 g/mol. The Hall–Kier alpha value is -5.49. The molecule has 4 heterocycles. The minimum absolute atomic E-state index is 0.0284. The molecular weight excluding hydrogens is 773 g/mol. The lowest BCUT2D eigenvalue weighted by Crippen LogP contribution is -2.62. The summed E-state index contributed by atoms with van der Waals surface area (Å²) in [5.41, 5.74) is 10.7. The molecule has 3 saturated heterocycles. The molecule has 7 rings (SSSR count). The average molecular weight is 829 g/mol. The van der Waals surface area contributed by atoms with Gasteiger partial charge >= 0.3 is 6.03 Å². The van der Waals surface area contributed by atoms with E-state index in [0.29, 0.717) is 108 Å². The van der Waals surface area contributed by atoms with E-state index < -0.39 is 0 Å². The number of nitrogen functional groups attached to an aromatic ring is 1. The van der Waals surface area contributed by atoms with Gasteiger partial charge in [0.2, 0.25) is 11.8 Å². The normalized spacial score (nSPS) is 18.8. The third-order valence-corrected chi connectivity index (χ3v) is 11.2. The maximum absolute atomic E-state index is 13.6. The minimum atomic E-state index is -0.153. The van der Waals surface area contributed by atoms with E-state index in [9.17, 15) is 14.4 Å². The summed E-state index contributed by atoms with van der Waals surface area (Å²) in [6.45, 7) is 6.24. The fourth-order valence-electron chi connectivity index (χ4n) is 8.13. The van der Waals surface area contributed by atoms with E-state index in [1.165, 1.54) is 5.56 Å². The van der Waals surface area contributed by atoms with Gasteiger partial charge in [-0.05, 0) is 70.9 Å². The predicted molar refractivity (Wildman–Crippen MR) is 223 cm³/mol. The van der Waals surface area contributed by atoms with Crippen LogP contribution in [0.3, 0.4) is 0 Å². The van der Waals surface area contributed by atoms with E-state index in [-0.39, 0.29) is 48.9 Å². The van der Waals surface area contributed by atoms with E-state index in [4.69, 9.17) is 34.0 Å². The summed E-state index contributed by atoms with van der Waals surface area (Å²) in [4.78, 5) is 41.7. The number of anilines is 2. The highest BCUT2D eigenvalue weighted by atomic mass is 16.6. The van der Waals surface area contributed by atoms with Gasteiger partial charge in [0.15, 0.2) is 11.0 Å². The van der Waals surface area contributed by atoms with Gasteiger partial charge in [-0.3, -0.25) is 9.59 Å². The molecule has 322 valence electrons. The summed E-state index contributed by atoms with van der Waals surface area (Å²) in [5, 5.41) is 16.8. The molecule has 4 amide bonds. The van der Waals surface area contributed by atoms with Gasteiger partial charge in [0.25, 0.3) is 0 Å². The number of ether oxygens (including phenoxy) is 5. The first-order chi connectivity index (χ1) is 29.4. The number of aromatic nitrogens is 2. The number of piperidine rings is 2. The molecule has 3 aliphatic rings. The Labute approximate surface area is 349 Å². The lowest BCUT2D eigenvalue weighted by molar-refractivity contribution is -0.139. The first-order valence-corrected chi connectivity index (χ1v) is 20.9. The molecule has 0 spiro atoms. The summed E-state index contributed by atoms with van der Waals surface area (Å²) in [6, 6.07) is 22.2. The molecule has 3 fully saturated rings. The Bertz CT molecular complexity index is 1990. The topological polar surface area (TPSA) is 205 Å². The fraction of sp³-hybridized carbons (Fsp3) is 0.512. The molecule has 60 heavy (non-hydrogen) atoms. The van der Waals surface area contributed by atoms with Crippen LogP contribution in [-0.2, 0) is 28.5 Å². The van der Waals surface area contributed by atoms with Crippen LogP contribution in [0.2, 0.25) is 0 Å². The molecule has 4 aromatic rings. The minimum Gasteiger partial charge on any atom is -0.492 e. The van der Waals surface area contributed by atoms with Crippen LogP contribution in [0.25, 0.3) is 11.0 Å². The molecule has 1 unspecified atom stereocenters. The highest BCUT2D eigenvalue weighted by Gasteiger charge is 2.39. The van der Waals surface area contributed by atoms with Gasteiger partial charge in [0.05, 0.1) is 69.7 Å². The molecule has 17 heteroatoms. The number of nitrogens with zero attached hydrogens (tertiary/aromatic N) is 4. The van der Waals surface area contributed by atoms with Gasteiger partial charge in [-0.15, -0.1) is 0 Å². The lowest BCUT2D eigenvalue weighted by atomic mass is 9.76. The van der Waals surface area contributed by atoms with Crippen molar-refractivity contribution in [3.05, 3.63) is 77.9 Å². The lowest BCUT2D eigenvalue weighted by Gasteiger charge is -2.44. The fourth-order valence-corrected chi connectivity index (χ4v) is 8.13. The average Bonchev–Trinajstić information content (AvgIpc) is 3.78. The van der Waals surface area contributed by atoms with Gasteiger partial charge in [0, 0.05) is 45.1 Å². The molecule has 3 aromatic carbocycles. The molecule has 3 aliphatic heterocycles. The maximum Gasteiger partial charge on any atom is 0.320 e. The maximum atomic E-state index is 13.6. The Morgan fingerprint density at radius 1 is 0.817 bits per heavy atom. The third-order valence-electron chi connectivity index (χ3n) is 11.2. The second kappa shape index (κ2) is 21.7. The van der Waals surface area contributed by atoms with Crippen molar-refractivity contribution in [1.82, 2.24) is 30.7 Å². The highest BCUT2D eigenvalue weighted by Crippen LogP contribution is 2.39. The van der Waals surface area contributed by atoms with E-state index in [1.807, 2.05) is 34.1 Å². The highest BCUT2D eigenvalue weighted by molar-refractivity contribution is 5.94. The number of urea groups is 1. The van der Waals surface area contributed by atoms with Gasteiger partial charge in [-0.2, -0.15) is 0 Å². The van der Waals surface area contributed by atoms with Gasteiger partial charge < -0.3 is 55.2 Å². The molecular formula is C43H56N8O9. The summed E-state index contributed by atoms with van der Waals surface area (Å²) < 4.78 is 33.3. The van der Waals surface area contributed by atoms with E-state index in [1.54, 1.807) is 6.07 Å². The standard InChI is InChI=1S/C43H56N8O9/c44-34-9-10-35(42-41(34)48-60-49-42)45-15-21-56-24-26-57-25-23-55-20-14-38(52)46-16-22-58-33-8-4-7-32(27-33)40(30-5-2-1-3-6-30)31-11-17-50(18-12-31)43(54)51-19-13-37-36(28-51)47-39(53)29-59-37/h1-10,27,31,36-37,40,45H,11-26,28-29,44H2,(H,46,52)(H,47,53)/t36-,37+,40?/m1/s1. The number of hydrogen-bond donors (Lipinski definition) is 4. The zero-order valence-electron chi connectivity index (χ0n) is 33.9. The SMILES string of the molecule is Nc1ccc(NCCOCCOCCOCCC(=O)NCCOc2cccc(C(c3ccccc3)C3CCN(C(=O)N4CC[C@@H]5OCC(=O)N[C@@H]5C4)CC3)c2)c2nonc12. The van der Waals surface area contributed by atoms with Crippen molar-refractivity contribution in [3.8, 4) is 5.75 Å². The van der Waals surface area contributed by atoms with Crippen molar-refractivity contribution in [2.75, 3.05) is 103 Å². The van der Waals surface area contributed by atoms with Crippen LogP contribution in [0.1, 0.15) is 42.7 Å². The number of amides is 4. The van der Waals surface area contributed by atoms with Gasteiger partial charge in [-0.25, -0.2) is 9.42 Å². The zero-order valence-corrected chi connectivity index (χ0v) is 33.9. The molecule has 3 atom stereocenters. The number of nitrogens with one attached hydrogen (secondary N) is 3. The first-order valence-electron chi connectivity index (χ1n) is 20.9. The smallest absolute Gasteiger partial charge is 0.320 e. The summed E-state index contributed by atoms with van der Waals surface area (Å²) >= 11 is 0. The van der Waals surface area contributed by atoms with Crippen LogP contribution in [0.15, 0.2) is 71.4 Å².